The van der Waals surface area contributed by atoms with Crippen molar-refractivity contribution in [3.63, 3.8) is 0 Å². The second-order valence-corrected chi connectivity index (χ2v) is 6.33. The summed E-state index contributed by atoms with van der Waals surface area (Å²) < 4.78 is 5.24. The van der Waals surface area contributed by atoms with Gasteiger partial charge in [0.05, 0.1) is 23.9 Å². The Morgan fingerprint density at radius 1 is 1.08 bits per heavy atom. The summed E-state index contributed by atoms with van der Waals surface area (Å²) in [7, 11) is 3.45. The normalized spacial score (nSPS) is 10.7. The molecule has 4 heteroatoms. The van der Waals surface area contributed by atoms with Gasteiger partial charge in [-0.25, -0.2) is 0 Å². The van der Waals surface area contributed by atoms with E-state index in [0.29, 0.717) is 12.1 Å². The van der Waals surface area contributed by atoms with Crippen molar-refractivity contribution in [2.45, 2.75) is 20.4 Å². The Labute approximate surface area is 148 Å². The monoisotopic (exact) mass is 334 g/mol. The first kappa shape index (κ1) is 17.0. The van der Waals surface area contributed by atoms with Gasteiger partial charge in [-0.1, -0.05) is 29.8 Å². The second kappa shape index (κ2) is 6.93. The SMILES string of the molecule is COc1ccc2cc(C(=O)N(C)Cc3ccc(C)cc3)c(C)nc2c1. The van der Waals surface area contributed by atoms with Crippen LogP contribution < -0.4 is 4.74 Å². The number of hydrogen-bond acceptors (Lipinski definition) is 3. The Morgan fingerprint density at radius 2 is 1.80 bits per heavy atom. The van der Waals surface area contributed by atoms with Gasteiger partial charge < -0.3 is 9.64 Å². The van der Waals surface area contributed by atoms with Crippen molar-refractivity contribution in [2.75, 3.05) is 14.2 Å². The summed E-state index contributed by atoms with van der Waals surface area (Å²) in [4.78, 5) is 19.2. The minimum absolute atomic E-state index is 0.0247. The van der Waals surface area contributed by atoms with Crippen molar-refractivity contribution in [1.82, 2.24) is 9.88 Å². The minimum Gasteiger partial charge on any atom is -0.497 e. The van der Waals surface area contributed by atoms with Crippen LogP contribution in [-0.4, -0.2) is 29.9 Å². The van der Waals surface area contributed by atoms with Gasteiger partial charge in [-0.05, 0) is 37.6 Å². The van der Waals surface area contributed by atoms with E-state index in [-0.39, 0.29) is 5.91 Å². The van der Waals surface area contributed by atoms with Crippen molar-refractivity contribution in [1.29, 1.82) is 0 Å². The molecule has 128 valence electrons. The summed E-state index contributed by atoms with van der Waals surface area (Å²) in [5.41, 5.74) is 4.50. The molecular formula is C21H22N2O2. The van der Waals surface area contributed by atoms with Crippen molar-refractivity contribution in [3.05, 3.63) is 70.9 Å². The molecule has 4 nitrogen and oxygen atoms in total. The topological polar surface area (TPSA) is 42.4 Å². The first-order valence-electron chi connectivity index (χ1n) is 8.24. The number of amides is 1. The maximum Gasteiger partial charge on any atom is 0.255 e. The number of benzene rings is 2. The molecule has 0 unspecified atom stereocenters. The number of aryl methyl sites for hydroxylation is 2. The number of rotatable bonds is 4. The lowest BCUT2D eigenvalue weighted by Gasteiger charge is -2.19. The fourth-order valence-electron chi connectivity index (χ4n) is 2.83. The molecule has 0 radical (unpaired) electrons. The van der Waals surface area contributed by atoms with Crippen molar-refractivity contribution in [2.24, 2.45) is 0 Å². The summed E-state index contributed by atoms with van der Waals surface area (Å²) in [6.07, 6.45) is 0. The highest BCUT2D eigenvalue weighted by molar-refractivity contribution is 5.98. The Balaban J connectivity index is 1.87. The predicted octanol–water partition coefficient (Wildman–Crippen LogP) is 4.13. The minimum atomic E-state index is -0.0247. The van der Waals surface area contributed by atoms with E-state index in [1.54, 1.807) is 12.0 Å². The number of aromatic nitrogens is 1. The summed E-state index contributed by atoms with van der Waals surface area (Å²) >= 11 is 0. The standard InChI is InChI=1S/C21H22N2O2/c1-14-5-7-16(8-6-14)13-23(3)21(24)19-11-17-9-10-18(25-4)12-20(17)22-15(19)2/h5-12H,13H2,1-4H3. The van der Waals surface area contributed by atoms with Crippen LogP contribution in [0.25, 0.3) is 10.9 Å². The van der Waals surface area contributed by atoms with Crippen LogP contribution in [0.5, 0.6) is 5.75 Å². The number of pyridine rings is 1. The molecule has 0 aliphatic carbocycles. The molecule has 1 amide bonds. The number of ether oxygens (including phenoxy) is 1. The molecule has 3 aromatic rings. The number of hydrogen-bond donors (Lipinski definition) is 0. The van der Waals surface area contributed by atoms with Crippen LogP contribution in [0.4, 0.5) is 0 Å². The first-order valence-corrected chi connectivity index (χ1v) is 8.24. The van der Waals surface area contributed by atoms with Crippen molar-refractivity contribution < 1.29 is 9.53 Å². The number of fused-ring (bicyclic) bond motifs is 1. The van der Waals surface area contributed by atoms with Gasteiger partial charge in [0.25, 0.3) is 5.91 Å². The van der Waals surface area contributed by atoms with E-state index in [4.69, 9.17) is 4.74 Å². The zero-order valence-electron chi connectivity index (χ0n) is 15.0. The highest BCUT2D eigenvalue weighted by Gasteiger charge is 2.16. The molecule has 0 saturated heterocycles. The third-order valence-electron chi connectivity index (χ3n) is 4.33. The lowest BCUT2D eigenvalue weighted by Crippen LogP contribution is -2.27. The molecule has 0 saturated carbocycles. The molecule has 0 fully saturated rings. The van der Waals surface area contributed by atoms with E-state index in [9.17, 15) is 4.79 Å². The summed E-state index contributed by atoms with van der Waals surface area (Å²) in [5, 5.41) is 0.929. The largest absolute Gasteiger partial charge is 0.497 e. The molecule has 1 aromatic heterocycles. The second-order valence-electron chi connectivity index (χ2n) is 6.33. The third kappa shape index (κ3) is 3.63. The zero-order valence-corrected chi connectivity index (χ0v) is 15.0. The molecule has 25 heavy (non-hydrogen) atoms. The Bertz CT molecular complexity index is 917. The van der Waals surface area contributed by atoms with E-state index in [2.05, 4.69) is 36.2 Å². The Morgan fingerprint density at radius 3 is 2.48 bits per heavy atom. The lowest BCUT2D eigenvalue weighted by molar-refractivity contribution is 0.0784. The molecule has 0 N–H and O–H groups in total. The van der Waals surface area contributed by atoms with Crippen LogP contribution in [0.1, 0.15) is 27.2 Å². The van der Waals surface area contributed by atoms with Gasteiger partial charge in [-0.2, -0.15) is 0 Å². The molecule has 0 atom stereocenters. The summed E-state index contributed by atoms with van der Waals surface area (Å²) in [6.45, 7) is 4.49. The highest BCUT2D eigenvalue weighted by Crippen LogP contribution is 2.22. The molecular weight excluding hydrogens is 312 g/mol. The number of carbonyl (C=O) groups excluding carboxylic acids is 1. The molecule has 0 aliphatic rings. The van der Waals surface area contributed by atoms with Crippen LogP contribution >= 0.6 is 0 Å². The summed E-state index contributed by atoms with van der Waals surface area (Å²) in [6, 6.07) is 15.8. The van der Waals surface area contributed by atoms with E-state index in [0.717, 1.165) is 27.9 Å². The van der Waals surface area contributed by atoms with Crippen LogP contribution in [-0.2, 0) is 6.54 Å². The quantitative estimate of drug-likeness (QED) is 0.720. The van der Waals surface area contributed by atoms with Gasteiger partial charge in [0, 0.05) is 25.0 Å². The Hall–Kier alpha value is -2.88. The van der Waals surface area contributed by atoms with Crippen LogP contribution in [0, 0.1) is 13.8 Å². The maximum absolute atomic E-state index is 12.9. The molecule has 1 heterocycles. The highest BCUT2D eigenvalue weighted by atomic mass is 16.5. The zero-order chi connectivity index (χ0) is 18.0. The fourth-order valence-corrected chi connectivity index (χ4v) is 2.83. The van der Waals surface area contributed by atoms with Crippen LogP contribution in [0.15, 0.2) is 48.5 Å². The fraction of sp³-hybridized carbons (Fsp3) is 0.238. The number of nitrogens with zero attached hydrogens (tertiary/aromatic N) is 2. The van der Waals surface area contributed by atoms with E-state index >= 15 is 0 Å². The van der Waals surface area contributed by atoms with Gasteiger partial charge in [0.2, 0.25) is 0 Å². The van der Waals surface area contributed by atoms with Crippen LogP contribution in [0.3, 0.4) is 0 Å². The molecule has 0 spiro atoms. The lowest BCUT2D eigenvalue weighted by atomic mass is 10.1. The van der Waals surface area contributed by atoms with Gasteiger partial charge in [0.15, 0.2) is 0 Å². The van der Waals surface area contributed by atoms with Crippen molar-refractivity contribution >= 4 is 16.8 Å². The molecule has 3 rings (SSSR count). The van der Waals surface area contributed by atoms with Gasteiger partial charge in [-0.15, -0.1) is 0 Å². The van der Waals surface area contributed by atoms with Crippen LogP contribution in [0.2, 0.25) is 0 Å². The third-order valence-corrected chi connectivity index (χ3v) is 4.33. The first-order chi connectivity index (χ1) is 12.0. The molecule has 0 bridgehead atoms. The van der Waals surface area contributed by atoms with Gasteiger partial charge in [0.1, 0.15) is 5.75 Å². The average Bonchev–Trinajstić information content (AvgIpc) is 2.61. The summed E-state index contributed by atoms with van der Waals surface area (Å²) in [5.74, 6) is 0.734. The number of methoxy groups -OCH3 is 1. The number of carbonyl (C=O) groups is 1. The maximum atomic E-state index is 12.9. The smallest absolute Gasteiger partial charge is 0.255 e. The van der Waals surface area contributed by atoms with Gasteiger partial charge in [-0.3, -0.25) is 9.78 Å². The van der Waals surface area contributed by atoms with Crippen molar-refractivity contribution in [3.8, 4) is 5.75 Å². The van der Waals surface area contributed by atoms with E-state index in [1.165, 1.54) is 5.56 Å². The molecule has 0 aliphatic heterocycles. The molecule has 2 aromatic carbocycles. The van der Waals surface area contributed by atoms with Gasteiger partial charge >= 0.3 is 0 Å². The van der Waals surface area contributed by atoms with E-state index < -0.39 is 0 Å². The average molecular weight is 334 g/mol. The predicted molar refractivity (Wildman–Crippen MR) is 100 cm³/mol. The van der Waals surface area contributed by atoms with E-state index in [1.807, 2.05) is 38.2 Å². The Kier molecular flexibility index (Phi) is 4.70.